The van der Waals surface area contributed by atoms with Gasteiger partial charge in [-0.3, -0.25) is 4.79 Å². The summed E-state index contributed by atoms with van der Waals surface area (Å²) >= 11 is 3.32. The highest BCUT2D eigenvalue weighted by Crippen LogP contribution is 2.24. The molecule has 0 aliphatic heterocycles. The van der Waals surface area contributed by atoms with E-state index in [-0.39, 0.29) is 5.78 Å². The largest absolute Gasteiger partial charge is 0.497 e. The molecule has 0 saturated carbocycles. The van der Waals surface area contributed by atoms with Gasteiger partial charge in [-0.25, -0.2) is 0 Å². The Balaban J connectivity index is 2.34. The summed E-state index contributed by atoms with van der Waals surface area (Å²) in [6.07, 6.45) is 0. The van der Waals surface area contributed by atoms with Gasteiger partial charge < -0.3 is 4.74 Å². The topological polar surface area (TPSA) is 50.1 Å². The lowest BCUT2D eigenvalue weighted by Gasteiger charge is -2.10. The highest BCUT2D eigenvalue weighted by atomic mass is 79.9. The van der Waals surface area contributed by atoms with Crippen LogP contribution in [-0.4, -0.2) is 12.9 Å². The van der Waals surface area contributed by atoms with Crippen molar-refractivity contribution in [3.8, 4) is 11.8 Å². The number of ketones is 1. The van der Waals surface area contributed by atoms with Gasteiger partial charge in [-0.1, -0.05) is 40.2 Å². The van der Waals surface area contributed by atoms with Crippen molar-refractivity contribution in [3.05, 3.63) is 64.1 Å². The van der Waals surface area contributed by atoms with Gasteiger partial charge in [0.2, 0.25) is 0 Å². The number of hydrogen-bond acceptors (Lipinski definition) is 3. The Labute approximate surface area is 125 Å². The molecule has 0 saturated heterocycles. The number of carbonyl (C=O) groups is 1. The Morgan fingerprint density at radius 2 is 1.95 bits per heavy atom. The third kappa shape index (κ3) is 3.06. The molecule has 0 spiro atoms. The minimum Gasteiger partial charge on any atom is -0.497 e. The summed E-state index contributed by atoms with van der Waals surface area (Å²) in [7, 11) is 1.55. The van der Waals surface area contributed by atoms with E-state index < -0.39 is 5.92 Å². The molecule has 0 amide bonds. The average Bonchev–Trinajstić information content (AvgIpc) is 2.49. The van der Waals surface area contributed by atoms with E-state index in [2.05, 4.69) is 22.0 Å². The third-order valence-electron chi connectivity index (χ3n) is 2.95. The second kappa shape index (κ2) is 6.36. The van der Waals surface area contributed by atoms with E-state index in [9.17, 15) is 10.1 Å². The zero-order chi connectivity index (χ0) is 14.5. The van der Waals surface area contributed by atoms with E-state index in [0.717, 1.165) is 4.47 Å². The normalized spacial score (nSPS) is 11.4. The zero-order valence-electron chi connectivity index (χ0n) is 10.8. The molecule has 2 rings (SSSR count). The van der Waals surface area contributed by atoms with Gasteiger partial charge in [-0.05, 0) is 29.8 Å². The summed E-state index contributed by atoms with van der Waals surface area (Å²) in [5, 5.41) is 9.31. The number of carbonyl (C=O) groups excluding carboxylic acids is 1. The standard InChI is InChI=1S/C16H12BrNO2/c1-20-14-4-2-3-12(9-14)15(10-18)16(19)11-5-7-13(17)8-6-11/h2-9,15H,1H3. The number of rotatable bonds is 4. The first-order chi connectivity index (χ1) is 9.65. The van der Waals surface area contributed by atoms with Crippen molar-refractivity contribution < 1.29 is 9.53 Å². The van der Waals surface area contributed by atoms with E-state index in [1.807, 2.05) is 0 Å². The first-order valence-electron chi connectivity index (χ1n) is 5.99. The molecule has 3 nitrogen and oxygen atoms in total. The SMILES string of the molecule is COc1cccc(C(C#N)C(=O)c2ccc(Br)cc2)c1. The number of halogens is 1. The fourth-order valence-electron chi connectivity index (χ4n) is 1.89. The quantitative estimate of drug-likeness (QED) is 0.798. The molecule has 0 radical (unpaired) electrons. The predicted octanol–water partition coefficient (Wildman–Crippen LogP) is 3.95. The minimum absolute atomic E-state index is 0.215. The molecule has 2 aromatic carbocycles. The van der Waals surface area contributed by atoms with Crippen LogP contribution in [0.4, 0.5) is 0 Å². The molecule has 1 atom stereocenters. The van der Waals surface area contributed by atoms with Gasteiger partial charge in [0.15, 0.2) is 5.78 Å². The Bertz CT molecular complexity index is 659. The summed E-state index contributed by atoms with van der Waals surface area (Å²) < 4.78 is 6.02. The van der Waals surface area contributed by atoms with Crippen molar-refractivity contribution in [1.82, 2.24) is 0 Å². The summed E-state index contributed by atoms with van der Waals surface area (Å²) in [5.41, 5.74) is 1.15. The molecule has 0 aliphatic carbocycles. The first-order valence-corrected chi connectivity index (χ1v) is 6.78. The molecule has 0 fully saturated rings. The predicted molar refractivity (Wildman–Crippen MR) is 79.8 cm³/mol. The number of hydrogen-bond donors (Lipinski definition) is 0. The van der Waals surface area contributed by atoms with Crippen LogP contribution < -0.4 is 4.74 Å². The van der Waals surface area contributed by atoms with Crippen LogP contribution in [0.2, 0.25) is 0 Å². The van der Waals surface area contributed by atoms with E-state index in [4.69, 9.17) is 4.74 Å². The van der Waals surface area contributed by atoms with Crippen LogP contribution in [0, 0.1) is 11.3 Å². The maximum atomic E-state index is 12.4. The van der Waals surface area contributed by atoms with Crippen molar-refractivity contribution >= 4 is 21.7 Å². The molecular weight excluding hydrogens is 318 g/mol. The van der Waals surface area contributed by atoms with Gasteiger partial charge in [-0.2, -0.15) is 5.26 Å². The number of nitrogens with zero attached hydrogens (tertiary/aromatic N) is 1. The Morgan fingerprint density at radius 1 is 1.25 bits per heavy atom. The number of Topliss-reactive ketones (excluding diaryl/α,β-unsaturated/α-hetero) is 1. The Kier molecular flexibility index (Phi) is 4.54. The molecule has 0 bridgehead atoms. The summed E-state index contributed by atoms with van der Waals surface area (Å²) in [6.45, 7) is 0. The second-order valence-corrected chi connectivity index (χ2v) is 5.13. The van der Waals surface area contributed by atoms with Crippen molar-refractivity contribution in [3.63, 3.8) is 0 Å². The van der Waals surface area contributed by atoms with Crippen LogP contribution in [0.1, 0.15) is 21.8 Å². The van der Waals surface area contributed by atoms with Crippen LogP contribution in [0.15, 0.2) is 53.0 Å². The molecule has 0 aliphatic rings. The highest BCUT2D eigenvalue weighted by molar-refractivity contribution is 9.10. The van der Waals surface area contributed by atoms with Gasteiger partial charge in [0.1, 0.15) is 11.7 Å². The average molecular weight is 330 g/mol. The van der Waals surface area contributed by atoms with Crippen LogP contribution in [0.5, 0.6) is 5.75 Å². The van der Waals surface area contributed by atoms with E-state index in [0.29, 0.717) is 16.9 Å². The molecule has 2 aromatic rings. The summed E-state index contributed by atoms with van der Waals surface area (Å²) in [4.78, 5) is 12.4. The van der Waals surface area contributed by atoms with Gasteiger partial charge in [0.05, 0.1) is 13.2 Å². The van der Waals surface area contributed by atoms with Crippen LogP contribution >= 0.6 is 15.9 Å². The molecule has 4 heteroatoms. The van der Waals surface area contributed by atoms with Gasteiger partial charge in [-0.15, -0.1) is 0 Å². The van der Waals surface area contributed by atoms with Gasteiger partial charge in [0, 0.05) is 10.0 Å². The van der Waals surface area contributed by atoms with Crippen molar-refractivity contribution in [2.75, 3.05) is 7.11 Å². The number of nitriles is 1. The first kappa shape index (κ1) is 14.3. The molecule has 100 valence electrons. The second-order valence-electron chi connectivity index (χ2n) is 4.21. The molecule has 0 N–H and O–H groups in total. The molecule has 0 aromatic heterocycles. The maximum Gasteiger partial charge on any atom is 0.184 e. The monoisotopic (exact) mass is 329 g/mol. The van der Waals surface area contributed by atoms with E-state index in [1.165, 1.54) is 0 Å². The molecule has 20 heavy (non-hydrogen) atoms. The highest BCUT2D eigenvalue weighted by Gasteiger charge is 2.22. The van der Waals surface area contributed by atoms with Gasteiger partial charge in [0.25, 0.3) is 0 Å². The number of ether oxygens (including phenoxy) is 1. The lowest BCUT2D eigenvalue weighted by atomic mass is 9.92. The summed E-state index contributed by atoms with van der Waals surface area (Å²) in [6, 6.07) is 16.1. The van der Waals surface area contributed by atoms with Gasteiger partial charge >= 0.3 is 0 Å². The zero-order valence-corrected chi connectivity index (χ0v) is 12.4. The number of benzene rings is 2. The van der Waals surface area contributed by atoms with Crippen LogP contribution in [0.3, 0.4) is 0 Å². The molecular formula is C16H12BrNO2. The molecule has 0 heterocycles. The fourth-order valence-corrected chi connectivity index (χ4v) is 2.15. The Hall–Kier alpha value is -2.12. The van der Waals surface area contributed by atoms with Crippen molar-refractivity contribution in [2.24, 2.45) is 0 Å². The Morgan fingerprint density at radius 3 is 2.55 bits per heavy atom. The molecule has 1 unspecified atom stereocenters. The summed E-state index contributed by atoms with van der Waals surface area (Å²) in [5.74, 6) is -0.411. The lowest BCUT2D eigenvalue weighted by Crippen LogP contribution is -2.11. The van der Waals surface area contributed by atoms with Crippen molar-refractivity contribution in [1.29, 1.82) is 5.26 Å². The van der Waals surface area contributed by atoms with Crippen molar-refractivity contribution in [2.45, 2.75) is 5.92 Å². The van der Waals surface area contributed by atoms with E-state index >= 15 is 0 Å². The third-order valence-corrected chi connectivity index (χ3v) is 3.48. The smallest absolute Gasteiger partial charge is 0.184 e. The van der Waals surface area contributed by atoms with Crippen LogP contribution in [-0.2, 0) is 0 Å². The lowest BCUT2D eigenvalue weighted by molar-refractivity contribution is 0.0979. The fraction of sp³-hybridized carbons (Fsp3) is 0.125. The van der Waals surface area contributed by atoms with E-state index in [1.54, 1.807) is 55.6 Å². The van der Waals surface area contributed by atoms with Crippen LogP contribution in [0.25, 0.3) is 0 Å². The minimum atomic E-state index is -0.828. The number of methoxy groups -OCH3 is 1. The maximum absolute atomic E-state index is 12.4.